The molecule has 2 aliphatic rings. The summed E-state index contributed by atoms with van der Waals surface area (Å²) in [6.45, 7) is 0.559. The molecule has 3 rings (SSSR count). The van der Waals surface area contributed by atoms with Gasteiger partial charge in [0.1, 0.15) is 5.75 Å². The van der Waals surface area contributed by atoms with Crippen LogP contribution >= 0.6 is 0 Å². The monoisotopic (exact) mass is 360 g/mol. The Morgan fingerprint density at radius 1 is 1.12 bits per heavy atom. The molecular formula is C20H28N2O4. The fraction of sp³-hybridized carbons (Fsp3) is 0.600. The summed E-state index contributed by atoms with van der Waals surface area (Å²) in [5.41, 5.74) is 0.539. The van der Waals surface area contributed by atoms with Gasteiger partial charge < -0.3 is 20.1 Å². The largest absolute Gasteiger partial charge is 0.497 e. The van der Waals surface area contributed by atoms with Gasteiger partial charge in [0.2, 0.25) is 0 Å². The number of carbonyl (C=O) groups is 2. The van der Waals surface area contributed by atoms with Gasteiger partial charge in [-0.3, -0.25) is 9.59 Å². The molecule has 1 saturated heterocycles. The number of aliphatic hydroxyl groups is 1. The Morgan fingerprint density at radius 3 is 2.46 bits per heavy atom. The molecule has 2 fully saturated rings. The molecule has 0 bridgehead atoms. The summed E-state index contributed by atoms with van der Waals surface area (Å²) in [6, 6.07) is 6.59. The van der Waals surface area contributed by atoms with Gasteiger partial charge in [-0.2, -0.15) is 0 Å². The van der Waals surface area contributed by atoms with E-state index in [2.05, 4.69) is 5.32 Å². The van der Waals surface area contributed by atoms with Gasteiger partial charge in [-0.05, 0) is 49.9 Å². The van der Waals surface area contributed by atoms with Crippen LogP contribution in [0.1, 0.15) is 55.3 Å². The van der Waals surface area contributed by atoms with Crippen LogP contribution in [-0.4, -0.2) is 53.7 Å². The molecule has 1 heterocycles. The Balaban J connectivity index is 1.64. The van der Waals surface area contributed by atoms with Crippen molar-refractivity contribution in [3.63, 3.8) is 0 Å². The lowest BCUT2D eigenvalue weighted by molar-refractivity contribution is -0.132. The molecule has 6 nitrogen and oxygen atoms in total. The molecule has 2 amide bonds. The highest BCUT2D eigenvalue weighted by Gasteiger charge is 2.38. The number of likely N-dealkylation sites (tertiary alicyclic amines) is 1. The summed E-state index contributed by atoms with van der Waals surface area (Å²) in [6.07, 6.45) is 5.64. The number of nitrogens with one attached hydrogen (secondary N) is 1. The van der Waals surface area contributed by atoms with E-state index in [9.17, 15) is 14.7 Å². The molecule has 1 aliphatic heterocycles. The van der Waals surface area contributed by atoms with Crippen molar-refractivity contribution in [2.75, 3.05) is 13.7 Å². The number of hydrogen-bond acceptors (Lipinski definition) is 4. The fourth-order valence-corrected chi connectivity index (χ4v) is 3.98. The van der Waals surface area contributed by atoms with Gasteiger partial charge in [0.25, 0.3) is 11.8 Å². The Morgan fingerprint density at radius 2 is 1.81 bits per heavy atom. The van der Waals surface area contributed by atoms with E-state index in [4.69, 9.17) is 4.74 Å². The number of ether oxygens (including phenoxy) is 1. The highest BCUT2D eigenvalue weighted by molar-refractivity contribution is 5.95. The van der Waals surface area contributed by atoms with Gasteiger partial charge in [0.15, 0.2) is 6.10 Å². The maximum absolute atomic E-state index is 12.8. The molecule has 0 spiro atoms. The molecule has 1 aromatic rings. The third-order valence-electron chi connectivity index (χ3n) is 5.48. The smallest absolute Gasteiger partial charge is 0.254 e. The van der Waals surface area contributed by atoms with Gasteiger partial charge >= 0.3 is 0 Å². The summed E-state index contributed by atoms with van der Waals surface area (Å²) >= 11 is 0. The van der Waals surface area contributed by atoms with Crippen molar-refractivity contribution in [2.24, 2.45) is 0 Å². The zero-order chi connectivity index (χ0) is 18.5. The van der Waals surface area contributed by atoms with Crippen LogP contribution in [-0.2, 0) is 4.79 Å². The first-order chi connectivity index (χ1) is 12.6. The third-order valence-corrected chi connectivity index (χ3v) is 5.48. The first-order valence-electron chi connectivity index (χ1n) is 9.53. The molecule has 0 aromatic heterocycles. The van der Waals surface area contributed by atoms with Crippen molar-refractivity contribution in [2.45, 2.75) is 63.1 Å². The second-order valence-electron chi connectivity index (χ2n) is 7.22. The summed E-state index contributed by atoms with van der Waals surface area (Å²) in [5.74, 6) is 0.183. The standard InChI is InChI=1S/C20H28N2O4/c1-26-16-11-9-14(10-12-16)20(25)22-13-5-8-17(22)18(23)19(24)21-15-6-3-2-4-7-15/h9-12,15,17-18,23H,2-8,13H2,1H3,(H,21,24)/t17-,18?/m0/s1. The van der Waals surface area contributed by atoms with E-state index in [0.717, 1.165) is 32.1 Å². The quantitative estimate of drug-likeness (QED) is 0.843. The van der Waals surface area contributed by atoms with Gasteiger partial charge in [-0.25, -0.2) is 0 Å². The topological polar surface area (TPSA) is 78.9 Å². The molecule has 142 valence electrons. The lowest BCUT2D eigenvalue weighted by atomic mass is 9.95. The van der Waals surface area contributed by atoms with Crippen LogP contribution in [0.5, 0.6) is 5.75 Å². The lowest BCUT2D eigenvalue weighted by Crippen LogP contribution is -2.52. The zero-order valence-corrected chi connectivity index (χ0v) is 15.3. The number of rotatable bonds is 5. The predicted octanol–water partition coefficient (Wildman–Crippen LogP) is 2.11. The molecule has 1 unspecified atom stereocenters. The van der Waals surface area contributed by atoms with Crippen molar-refractivity contribution in [1.82, 2.24) is 10.2 Å². The van der Waals surface area contributed by atoms with Crippen LogP contribution in [0.2, 0.25) is 0 Å². The van der Waals surface area contributed by atoms with Crippen molar-refractivity contribution in [3.05, 3.63) is 29.8 Å². The van der Waals surface area contributed by atoms with Gasteiger partial charge in [-0.15, -0.1) is 0 Å². The summed E-state index contributed by atoms with van der Waals surface area (Å²) < 4.78 is 5.12. The molecule has 1 saturated carbocycles. The van der Waals surface area contributed by atoms with E-state index in [1.807, 2.05) is 0 Å². The first kappa shape index (κ1) is 18.7. The minimum absolute atomic E-state index is 0.151. The van der Waals surface area contributed by atoms with E-state index >= 15 is 0 Å². The van der Waals surface area contributed by atoms with Crippen LogP contribution in [0, 0.1) is 0 Å². The van der Waals surface area contributed by atoms with Crippen molar-refractivity contribution >= 4 is 11.8 Å². The normalized spacial score (nSPS) is 22.1. The number of aliphatic hydroxyl groups excluding tert-OH is 1. The first-order valence-corrected chi connectivity index (χ1v) is 9.53. The summed E-state index contributed by atoms with van der Waals surface area (Å²) in [5, 5.41) is 13.5. The Hall–Kier alpha value is -2.08. The number of methoxy groups -OCH3 is 1. The van der Waals surface area contributed by atoms with E-state index in [0.29, 0.717) is 24.3 Å². The minimum atomic E-state index is -1.18. The predicted molar refractivity (Wildman–Crippen MR) is 98.1 cm³/mol. The molecular weight excluding hydrogens is 332 g/mol. The van der Waals surface area contributed by atoms with Crippen LogP contribution in [0.15, 0.2) is 24.3 Å². The highest BCUT2D eigenvalue weighted by Crippen LogP contribution is 2.24. The summed E-state index contributed by atoms with van der Waals surface area (Å²) in [4.78, 5) is 26.9. The van der Waals surface area contributed by atoms with E-state index in [-0.39, 0.29) is 17.9 Å². The molecule has 6 heteroatoms. The third kappa shape index (κ3) is 4.18. The van der Waals surface area contributed by atoms with Crippen LogP contribution in [0.25, 0.3) is 0 Å². The molecule has 26 heavy (non-hydrogen) atoms. The fourth-order valence-electron chi connectivity index (χ4n) is 3.98. The average Bonchev–Trinajstić information content (AvgIpc) is 3.17. The minimum Gasteiger partial charge on any atom is -0.497 e. The second kappa shape index (κ2) is 8.54. The number of nitrogens with zero attached hydrogens (tertiary/aromatic N) is 1. The van der Waals surface area contributed by atoms with Crippen LogP contribution in [0.4, 0.5) is 0 Å². The molecule has 2 atom stereocenters. The average molecular weight is 360 g/mol. The lowest BCUT2D eigenvalue weighted by Gasteiger charge is -2.30. The number of amides is 2. The van der Waals surface area contributed by atoms with Crippen molar-refractivity contribution in [1.29, 1.82) is 0 Å². The van der Waals surface area contributed by atoms with Gasteiger partial charge in [0, 0.05) is 18.2 Å². The van der Waals surface area contributed by atoms with Crippen LogP contribution in [0.3, 0.4) is 0 Å². The molecule has 1 aliphatic carbocycles. The maximum atomic E-state index is 12.8. The van der Waals surface area contributed by atoms with Crippen LogP contribution < -0.4 is 10.1 Å². The van der Waals surface area contributed by atoms with E-state index in [1.165, 1.54) is 6.42 Å². The van der Waals surface area contributed by atoms with E-state index in [1.54, 1.807) is 36.3 Å². The van der Waals surface area contributed by atoms with Gasteiger partial charge in [-0.1, -0.05) is 19.3 Å². The van der Waals surface area contributed by atoms with Crippen molar-refractivity contribution in [3.8, 4) is 5.75 Å². The number of benzene rings is 1. The number of hydrogen-bond donors (Lipinski definition) is 2. The van der Waals surface area contributed by atoms with Gasteiger partial charge in [0.05, 0.1) is 13.2 Å². The zero-order valence-electron chi connectivity index (χ0n) is 15.3. The van der Waals surface area contributed by atoms with E-state index < -0.39 is 12.1 Å². The highest BCUT2D eigenvalue weighted by atomic mass is 16.5. The molecule has 2 N–H and O–H groups in total. The SMILES string of the molecule is COc1ccc(C(=O)N2CCC[C@H]2C(O)C(=O)NC2CCCCC2)cc1. The Bertz CT molecular complexity index is 625. The number of carbonyl (C=O) groups excluding carboxylic acids is 2. The summed E-state index contributed by atoms with van der Waals surface area (Å²) in [7, 11) is 1.58. The second-order valence-corrected chi connectivity index (χ2v) is 7.22. The van der Waals surface area contributed by atoms with Crippen molar-refractivity contribution < 1.29 is 19.4 Å². The Kier molecular flexibility index (Phi) is 6.14. The molecule has 0 radical (unpaired) electrons. The Labute approximate surface area is 154 Å². The maximum Gasteiger partial charge on any atom is 0.254 e. The molecule has 1 aromatic carbocycles.